The smallest absolute Gasteiger partial charge is 0.121 e. The van der Waals surface area contributed by atoms with Gasteiger partial charge in [0.25, 0.3) is 0 Å². The molecule has 0 aliphatic carbocycles. The summed E-state index contributed by atoms with van der Waals surface area (Å²) in [5, 5.41) is 4.45. The fourth-order valence-electron chi connectivity index (χ4n) is 1.79. The van der Waals surface area contributed by atoms with E-state index >= 15 is 0 Å². The summed E-state index contributed by atoms with van der Waals surface area (Å²) < 4.78 is 10.5. The number of hydrogen-bond acceptors (Lipinski definition) is 3. The zero-order valence-electron chi connectivity index (χ0n) is 11.7. The Morgan fingerprint density at radius 1 is 1.00 bits per heavy atom. The van der Waals surface area contributed by atoms with E-state index in [-0.39, 0.29) is 0 Å². The van der Waals surface area contributed by atoms with Crippen molar-refractivity contribution in [1.29, 1.82) is 0 Å². The lowest BCUT2D eigenvalue weighted by atomic mass is 10.2. The maximum atomic E-state index is 6.00. The molecular weight excluding hydrogens is 309 g/mol. The highest BCUT2D eigenvalue weighted by Gasteiger charge is 2.01. The predicted octanol–water partition coefficient (Wildman–Crippen LogP) is 4.63. The summed E-state index contributed by atoms with van der Waals surface area (Å²) in [5.74, 6) is 0.811. The van der Waals surface area contributed by atoms with Crippen LogP contribution in [0, 0.1) is 0 Å². The minimum absolute atomic E-state index is 0.534. The van der Waals surface area contributed by atoms with Crippen LogP contribution in [-0.2, 0) is 11.3 Å². The molecule has 2 aromatic rings. The predicted molar refractivity (Wildman–Crippen MR) is 87.6 cm³/mol. The molecule has 5 heteroatoms. The van der Waals surface area contributed by atoms with Crippen molar-refractivity contribution in [3.05, 3.63) is 58.1 Å². The standard InChI is InChI=1S/C16H17Cl2NO2/c1-20-7-8-21-14-4-2-3-13(10-14)19-11-12-5-6-15(17)16(18)9-12/h2-6,9-10,19H,7-8,11H2,1H3. The van der Waals surface area contributed by atoms with Gasteiger partial charge >= 0.3 is 0 Å². The van der Waals surface area contributed by atoms with Crippen LogP contribution in [0.1, 0.15) is 5.56 Å². The fraction of sp³-hybridized carbons (Fsp3) is 0.250. The Kier molecular flexibility index (Phi) is 6.18. The molecule has 0 saturated carbocycles. The van der Waals surface area contributed by atoms with Crippen LogP contribution in [0.3, 0.4) is 0 Å². The minimum Gasteiger partial charge on any atom is -0.491 e. The fourth-order valence-corrected chi connectivity index (χ4v) is 2.11. The highest BCUT2D eigenvalue weighted by Crippen LogP contribution is 2.23. The van der Waals surface area contributed by atoms with Gasteiger partial charge in [-0.25, -0.2) is 0 Å². The van der Waals surface area contributed by atoms with E-state index in [0.29, 0.717) is 29.8 Å². The van der Waals surface area contributed by atoms with E-state index < -0.39 is 0 Å². The van der Waals surface area contributed by atoms with Gasteiger partial charge in [0.15, 0.2) is 0 Å². The van der Waals surface area contributed by atoms with Crippen molar-refractivity contribution in [2.24, 2.45) is 0 Å². The number of methoxy groups -OCH3 is 1. The van der Waals surface area contributed by atoms with Crippen molar-refractivity contribution in [3.63, 3.8) is 0 Å². The molecule has 0 atom stereocenters. The Labute approximate surface area is 134 Å². The van der Waals surface area contributed by atoms with Crippen LogP contribution in [0.2, 0.25) is 10.0 Å². The number of hydrogen-bond donors (Lipinski definition) is 1. The lowest BCUT2D eigenvalue weighted by Gasteiger charge is -2.10. The van der Waals surface area contributed by atoms with Gasteiger partial charge in [-0.3, -0.25) is 0 Å². The highest BCUT2D eigenvalue weighted by molar-refractivity contribution is 6.42. The Morgan fingerprint density at radius 3 is 2.62 bits per heavy atom. The van der Waals surface area contributed by atoms with Crippen molar-refractivity contribution in [3.8, 4) is 5.75 Å². The molecule has 0 aromatic heterocycles. The van der Waals surface area contributed by atoms with Crippen molar-refractivity contribution in [2.75, 3.05) is 25.6 Å². The first-order valence-electron chi connectivity index (χ1n) is 6.58. The van der Waals surface area contributed by atoms with Gasteiger partial charge in [0.05, 0.1) is 16.7 Å². The number of anilines is 1. The van der Waals surface area contributed by atoms with Crippen molar-refractivity contribution in [1.82, 2.24) is 0 Å². The molecule has 0 saturated heterocycles. The zero-order chi connectivity index (χ0) is 15.1. The average molecular weight is 326 g/mol. The van der Waals surface area contributed by atoms with Crippen LogP contribution in [-0.4, -0.2) is 20.3 Å². The van der Waals surface area contributed by atoms with Crippen LogP contribution in [0.15, 0.2) is 42.5 Å². The SMILES string of the molecule is COCCOc1cccc(NCc2ccc(Cl)c(Cl)c2)c1. The van der Waals surface area contributed by atoms with E-state index in [2.05, 4.69) is 5.32 Å². The monoisotopic (exact) mass is 325 g/mol. The average Bonchev–Trinajstić information content (AvgIpc) is 2.49. The Balaban J connectivity index is 1.93. The topological polar surface area (TPSA) is 30.5 Å². The van der Waals surface area contributed by atoms with E-state index in [4.69, 9.17) is 32.7 Å². The molecule has 0 unspecified atom stereocenters. The van der Waals surface area contributed by atoms with Crippen LogP contribution >= 0.6 is 23.2 Å². The Hall–Kier alpha value is -1.42. The maximum absolute atomic E-state index is 6.00. The van der Waals surface area contributed by atoms with E-state index in [9.17, 15) is 0 Å². The summed E-state index contributed by atoms with van der Waals surface area (Å²) in [4.78, 5) is 0. The summed E-state index contributed by atoms with van der Waals surface area (Å²) in [6.07, 6.45) is 0. The minimum atomic E-state index is 0.534. The first kappa shape index (κ1) is 16.0. The molecule has 0 heterocycles. The molecule has 0 aliphatic heterocycles. The summed E-state index contributed by atoms with van der Waals surface area (Å²) >= 11 is 11.9. The first-order valence-corrected chi connectivity index (χ1v) is 7.34. The third-order valence-corrected chi connectivity index (χ3v) is 3.61. The van der Waals surface area contributed by atoms with Gasteiger partial charge in [0.2, 0.25) is 0 Å². The van der Waals surface area contributed by atoms with Gasteiger partial charge in [-0.05, 0) is 29.8 Å². The molecule has 0 amide bonds. The molecule has 112 valence electrons. The summed E-state index contributed by atoms with van der Waals surface area (Å²) in [7, 11) is 1.65. The first-order chi connectivity index (χ1) is 10.2. The second-order valence-electron chi connectivity index (χ2n) is 4.47. The van der Waals surface area contributed by atoms with Gasteiger partial charge in [0.1, 0.15) is 12.4 Å². The lowest BCUT2D eigenvalue weighted by Crippen LogP contribution is -2.05. The maximum Gasteiger partial charge on any atom is 0.121 e. The molecular formula is C16H17Cl2NO2. The Bertz CT molecular complexity index is 590. The van der Waals surface area contributed by atoms with Crippen LogP contribution in [0.5, 0.6) is 5.75 Å². The van der Waals surface area contributed by atoms with E-state index in [1.165, 1.54) is 0 Å². The zero-order valence-corrected chi connectivity index (χ0v) is 13.2. The van der Waals surface area contributed by atoms with E-state index in [0.717, 1.165) is 17.0 Å². The molecule has 2 aromatic carbocycles. The van der Waals surface area contributed by atoms with Gasteiger partial charge < -0.3 is 14.8 Å². The van der Waals surface area contributed by atoms with Gasteiger partial charge in [-0.1, -0.05) is 35.3 Å². The number of rotatable bonds is 7. The molecule has 2 rings (SSSR count). The molecule has 0 spiro atoms. The van der Waals surface area contributed by atoms with Gasteiger partial charge in [0, 0.05) is 25.4 Å². The molecule has 0 fully saturated rings. The second-order valence-corrected chi connectivity index (χ2v) is 5.29. The normalized spacial score (nSPS) is 10.4. The summed E-state index contributed by atoms with van der Waals surface area (Å²) in [6.45, 7) is 1.77. The van der Waals surface area contributed by atoms with Crippen LogP contribution in [0.4, 0.5) is 5.69 Å². The van der Waals surface area contributed by atoms with Crippen LogP contribution in [0.25, 0.3) is 0 Å². The van der Waals surface area contributed by atoms with Gasteiger partial charge in [-0.15, -0.1) is 0 Å². The third kappa shape index (κ3) is 5.12. The van der Waals surface area contributed by atoms with E-state index in [1.807, 2.05) is 36.4 Å². The number of halogens is 2. The van der Waals surface area contributed by atoms with Crippen molar-refractivity contribution < 1.29 is 9.47 Å². The van der Waals surface area contributed by atoms with Crippen molar-refractivity contribution in [2.45, 2.75) is 6.54 Å². The number of benzene rings is 2. The molecule has 0 bridgehead atoms. The Morgan fingerprint density at radius 2 is 1.86 bits per heavy atom. The van der Waals surface area contributed by atoms with Crippen molar-refractivity contribution >= 4 is 28.9 Å². The van der Waals surface area contributed by atoms with E-state index in [1.54, 1.807) is 13.2 Å². The number of ether oxygens (including phenoxy) is 2. The third-order valence-electron chi connectivity index (χ3n) is 2.87. The quantitative estimate of drug-likeness (QED) is 0.753. The lowest BCUT2D eigenvalue weighted by molar-refractivity contribution is 0.146. The summed E-state index contributed by atoms with van der Waals surface area (Å²) in [6, 6.07) is 13.4. The van der Waals surface area contributed by atoms with Crippen LogP contribution < -0.4 is 10.1 Å². The molecule has 0 radical (unpaired) electrons. The largest absolute Gasteiger partial charge is 0.491 e. The molecule has 1 N–H and O–H groups in total. The second kappa shape index (κ2) is 8.13. The highest BCUT2D eigenvalue weighted by atomic mass is 35.5. The van der Waals surface area contributed by atoms with Gasteiger partial charge in [-0.2, -0.15) is 0 Å². The molecule has 21 heavy (non-hydrogen) atoms. The molecule has 0 aliphatic rings. The number of nitrogens with one attached hydrogen (secondary N) is 1. The summed E-state index contributed by atoms with van der Waals surface area (Å²) in [5.41, 5.74) is 2.05. The molecule has 3 nitrogen and oxygen atoms in total.